The van der Waals surface area contributed by atoms with Gasteiger partial charge < -0.3 is 14.2 Å². The SMILES string of the molecule is CC/C=C\C/C=C\C/C=C\C/C=C\CCCCCCCCCCCCCCCCCCCCCCC(=O)OCC(COC(=O)CCCCCCCCCCCCC)OC(=O)CCCCCCCCCCCCCCCCCCCCCC. The van der Waals surface area contributed by atoms with Crippen molar-refractivity contribution < 1.29 is 28.6 Å². The molecule has 0 saturated carbocycles. The number of carbonyl (C=O) groups excluding carboxylic acids is 3. The number of ether oxygens (including phenoxy) is 3. The average molecular weight is 1150 g/mol. The second-order valence-electron chi connectivity index (χ2n) is 24.8. The molecule has 0 aliphatic heterocycles. The predicted molar refractivity (Wildman–Crippen MR) is 358 cm³/mol. The Morgan fingerprint density at radius 3 is 0.744 bits per heavy atom. The highest BCUT2D eigenvalue weighted by Gasteiger charge is 2.19. The van der Waals surface area contributed by atoms with E-state index in [-0.39, 0.29) is 31.1 Å². The van der Waals surface area contributed by atoms with E-state index in [2.05, 4.69) is 69.4 Å². The molecular weight excluding hydrogens is 1010 g/mol. The summed E-state index contributed by atoms with van der Waals surface area (Å²) >= 11 is 0. The number of carbonyl (C=O) groups is 3. The molecule has 0 aromatic heterocycles. The minimum Gasteiger partial charge on any atom is -0.462 e. The zero-order valence-electron chi connectivity index (χ0n) is 55.3. The van der Waals surface area contributed by atoms with Gasteiger partial charge in [-0.25, -0.2) is 0 Å². The van der Waals surface area contributed by atoms with Gasteiger partial charge in [0.15, 0.2) is 6.10 Å². The van der Waals surface area contributed by atoms with Gasteiger partial charge in [0.2, 0.25) is 0 Å². The Morgan fingerprint density at radius 2 is 0.476 bits per heavy atom. The summed E-state index contributed by atoms with van der Waals surface area (Å²) in [4.78, 5) is 38.4. The first-order valence-corrected chi connectivity index (χ1v) is 36.6. The van der Waals surface area contributed by atoms with Gasteiger partial charge in [0.05, 0.1) is 0 Å². The zero-order valence-corrected chi connectivity index (χ0v) is 55.3. The summed E-state index contributed by atoms with van der Waals surface area (Å²) in [6.45, 7) is 6.60. The van der Waals surface area contributed by atoms with E-state index in [9.17, 15) is 14.4 Å². The van der Waals surface area contributed by atoms with Crippen LogP contribution in [0.1, 0.15) is 400 Å². The Kier molecular flexibility index (Phi) is 68.6. The molecule has 0 spiro atoms. The molecule has 0 aliphatic rings. The molecule has 6 heteroatoms. The van der Waals surface area contributed by atoms with Crippen LogP contribution in [0.25, 0.3) is 0 Å². The standard InChI is InChI=1S/C76H140O6/c1-4-7-10-13-16-19-22-24-26-28-30-32-33-34-35-36-37-38-39-40-41-42-43-44-46-47-49-51-54-57-60-63-66-69-75(78)81-72-73(71-80-74(77)68-65-62-59-56-53-21-18-15-12-9-6-3)82-76(79)70-67-64-61-58-55-52-50-48-45-31-29-27-25-23-20-17-14-11-8-5-2/h7,10,16,19,24,26,30,32,73H,4-6,8-9,11-15,17-18,20-23,25,27-29,31,33-72H2,1-3H3/b10-7-,19-16-,26-24-,32-30-. The minimum atomic E-state index is -0.767. The molecule has 0 aromatic rings. The van der Waals surface area contributed by atoms with E-state index < -0.39 is 6.10 Å². The average Bonchev–Trinajstić information content (AvgIpc) is 3.47. The summed E-state index contributed by atoms with van der Waals surface area (Å²) in [6.07, 6.45) is 90.2. The van der Waals surface area contributed by atoms with Gasteiger partial charge in [-0.2, -0.15) is 0 Å². The van der Waals surface area contributed by atoms with Crippen molar-refractivity contribution in [3.63, 3.8) is 0 Å². The molecule has 0 fully saturated rings. The van der Waals surface area contributed by atoms with Crippen molar-refractivity contribution in [3.05, 3.63) is 48.6 Å². The molecule has 0 bridgehead atoms. The molecule has 0 heterocycles. The van der Waals surface area contributed by atoms with Crippen LogP contribution < -0.4 is 0 Å². The maximum atomic E-state index is 12.9. The molecule has 0 saturated heterocycles. The molecule has 0 aliphatic carbocycles. The first kappa shape index (κ1) is 79.4. The van der Waals surface area contributed by atoms with Crippen LogP contribution in [0, 0.1) is 0 Å². The largest absolute Gasteiger partial charge is 0.462 e. The van der Waals surface area contributed by atoms with E-state index in [0.29, 0.717) is 19.3 Å². The van der Waals surface area contributed by atoms with E-state index in [4.69, 9.17) is 14.2 Å². The van der Waals surface area contributed by atoms with E-state index in [1.54, 1.807) is 0 Å². The third-order valence-electron chi connectivity index (χ3n) is 16.6. The van der Waals surface area contributed by atoms with Gasteiger partial charge in [-0.3, -0.25) is 14.4 Å². The number of hydrogen-bond acceptors (Lipinski definition) is 6. The Balaban J connectivity index is 4.08. The van der Waals surface area contributed by atoms with Gasteiger partial charge in [0.1, 0.15) is 13.2 Å². The molecule has 0 N–H and O–H groups in total. The summed E-state index contributed by atoms with van der Waals surface area (Å²) in [5.74, 6) is -0.833. The van der Waals surface area contributed by atoms with Gasteiger partial charge in [-0.1, -0.05) is 371 Å². The molecule has 0 amide bonds. The second kappa shape index (κ2) is 70.9. The smallest absolute Gasteiger partial charge is 0.306 e. The van der Waals surface area contributed by atoms with Gasteiger partial charge in [-0.05, 0) is 57.8 Å². The third kappa shape index (κ3) is 68.2. The summed E-state index contributed by atoms with van der Waals surface area (Å²) in [5.41, 5.74) is 0. The summed E-state index contributed by atoms with van der Waals surface area (Å²) in [5, 5.41) is 0. The van der Waals surface area contributed by atoms with Gasteiger partial charge in [-0.15, -0.1) is 0 Å². The fourth-order valence-electron chi connectivity index (χ4n) is 11.1. The summed E-state index contributed by atoms with van der Waals surface area (Å²) in [6, 6.07) is 0. The van der Waals surface area contributed by atoms with Crippen LogP contribution in [0.3, 0.4) is 0 Å². The van der Waals surface area contributed by atoms with E-state index >= 15 is 0 Å². The van der Waals surface area contributed by atoms with Crippen molar-refractivity contribution in [3.8, 4) is 0 Å². The number of esters is 3. The fraction of sp³-hybridized carbons (Fsp3) is 0.855. The molecule has 0 radical (unpaired) electrons. The highest BCUT2D eigenvalue weighted by Crippen LogP contribution is 2.19. The first-order valence-electron chi connectivity index (χ1n) is 36.6. The quantitative estimate of drug-likeness (QED) is 0.0261. The maximum absolute atomic E-state index is 12.9. The molecule has 6 nitrogen and oxygen atoms in total. The first-order chi connectivity index (χ1) is 40.5. The van der Waals surface area contributed by atoms with Crippen LogP contribution in [0.15, 0.2) is 48.6 Å². The number of unbranched alkanes of at least 4 members (excludes halogenated alkanes) is 49. The molecule has 1 unspecified atom stereocenters. The Bertz CT molecular complexity index is 1410. The van der Waals surface area contributed by atoms with Crippen molar-refractivity contribution in [2.45, 2.75) is 406 Å². The lowest BCUT2D eigenvalue weighted by Crippen LogP contribution is -2.30. The van der Waals surface area contributed by atoms with Crippen molar-refractivity contribution in [1.82, 2.24) is 0 Å². The summed E-state index contributed by atoms with van der Waals surface area (Å²) < 4.78 is 17.0. The Labute approximate surface area is 511 Å². The van der Waals surface area contributed by atoms with Crippen LogP contribution in [0.5, 0.6) is 0 Å². The van der Waals surface area contributed by atoms with Crippen LogP contribution >= 0.6 is 0 Å². The molecular formula is C76H140O6. The van der Waals surface area contributed by atoms with Crippen molar-refractivity contribution in [1.29, 1.82) is 0 Å². The lowest BCUT2D eigenvalue weighted by atomic mass is 10.0. The number of rotatable bonds is 68. The highest BCUT2D eigenvalue weighted by molar-refractivity contribution is 5.71. The van der Waals surface area contributed by atoms with Gasteiger partial charge in [0.25, 0.3) is 0 Å². The lowest BCUT2D eigenvalue weighted by Gasteiger charge is -2.18. The molecule has 82 heavy (non-hydrogen) atoms. The topological polar surface area (TPSA) is 78.9 Å². The highest BCUT2D eigenvalue weighted by atomic mass is 16.6. The van der Waals surface area contributed by atoms with E-state index in [0.717, 1.165) is 83.5 Å². The van der Waals surface area contributed by atoms with E-state index in [1.807, 2.05) is 0 Å². The van der Waals surface area contributed by atoms with Crippen molar-refractivity contribution in [2.24, 2.45) is 0 Å². The molecule has 0 aromatic carbocycles. The van der Waals surface area contributed by atoms with Crippen LogP contribution in [-0.2, 0) is 28.6 Å². The Hall–Kier alpha value is -2.63. The van der Waals surface area contributed by atoms with Crippen LogP contribution in [0.4, 0.5) is 0 Å². The predicted octanol–water partition coefficient (Wildman–Crippen LogP) is 25.3. The zero-order chi connectivity index (χ0) is 59.2. The summed E-state index contributed by atoms with van der Waals surface area (Å²) in [7, 11) is 0. The third-order valence-corrected chi connectivity index (χ3v) is 16.6. The molecule has 0 rings (SSSR count). The van der Waals surface area contributed by atoms with Crippen LogP contribution in [0.2, 0.25) is 0 Å². The maximum Gasteiger partial charge on any atom is 0.306 e. The fourth-order valence-corrected chi connectivity index (χ4v) is 11.1. The second-order valence-corrected chi connectivity index (χ2v) is 24.8. The number of allylic oxidation sites excluding steroid dienone is 8. The van der Waals surface area contributed by atoms with Crippen molar-refractivity contribution in [2.75, 3.05) is 13.2 Å². The van der Waals surface area contributed by atoms with Crippen molar-refractivity contribution >= 4 is 17.9 Å². The number of hydrogen-bond donors (Lipinski definition) is 0. The molecule has 480 valence electrons. The monoisotopic (exact) mass is 1150 g/mol. The molecule has 1 atom stereocenters. The lowest BCUT2D eigenvalue weighted by molar-refractivity contribution is -0.167. The Morgan fingerprint density at radius 1 is 0.256 bits per heavy atom. The van der Waals surface area contributed by atoms with Gasteiger partial charge >= 0.3 is 17.9 Å². The van der Waals surface area contributed by atoms with E-state index in [1.165, 1.54) is 276 Å². The van der Waals surface area contributed by atoms with Gasteiger partial charge in [0, 0.05) is 19.3 Å². The normalized spacial score (nSPS) is 12.3. The van der Waals surface area contributed by atoms with Crippen LogP contribution in [-0.4, -0.2) is 37.2 Å². The minimum absolute atomic E-state index is 0.0645.